The van der Waals surface area contributed by atoms with Crippen molar-refractivity contribution in [1.82, 2.24) is 0 Å². The molecule has 2 heterocycles. The van der Waals surface area contributed by atoms with E-state index < -0.39 is 101 Å². The highest BCUT2D eigenvalue weighted by molar-refractivity contribution is 5.73. The number of carbonyl (C=O) groups excluding carboxylic acids is 1. The van der Waals surface area contributed by atoms with Gasteiger partial charge in [-0.1, -0.05) is 60.1 Å². The quantitative estimate of drug-likeness (QED) is 0.129. The molecule has 0 aromatic heterocycles. The summed E-state index contributed by atoms with van der Waals surface area (Å²) in [6.07, 6.45) is -4.59. The van der Waals surface area contributed by atoms with Gasteiger partial charge in [0.25, 0.3) is 0 Å². The van der Waals surface area contributed by atoms with Gasteiger partial charge in [-0.25, -0.2) is 0 Å². The van der Waals surface area contributed by atoms with Gasteiger partial charge in [0.05, 0.1) is 19.1 Å². The topological polar surface area (TPSA) is 192 Å². The highest BCUT2D eigenvalue weighted by atomic mass is 16.7. The minimum absolute atomic E-state index is 0.0419. The molecule has 2 bridgehead atoms. The molecule has 0 aromatic carbocycles. The van der Waals surface area contributed by atoms with E-state index in [0.717, 1.165) is 24.8 Å². The summed E-state index contributed by atoms with van der Waals surface area (Å²) in [5.74, 6) is -1.61. The van der Waals surface area contributed by atoms with Crippen molar-refractivity contribution in [2.45, 2.75) is 143 Å². The lowest BCUT2D eigenvalue weighted by molar-refractivity contribution is -0.369. The Labute approximate surface area is 295 Å². The molecular weight excluding hydrogens is 648 g/mol. The van der Waals surface area contributed by atoms with Crippen molar-refractivity contribution in [1.29, 1.82) is 0 Å². The van der Waals surface area contributed by atoms with Crippen molar-refractivity contribution in [2.24, 2.45) is 56.7 Å². The van der Waals surface area contributed by atoms with Crippen LogP contribution in [0.25, 0.3) is 0 Å². The van der Waals surface area contributed by atoms with Gasteiger partial charge in [0.15, 0.2) is 12.6 Å². The molecule has 3 saturated carbocycles. The molecule has 2 saturated heterocycles. The largest absolute Gasteiger partial charge is 0.481 e. The zero-order chi connectivity index (χ0) is 36.9. The average molecular weight is 709 g/mol. The molecule has 0 amide bonds. The fourth-order valence-corrected chi connectivity index (χ4v) is 12.5. The number of hydrogen-bond acceptors (Lipinski definition) is 11. The molecule has 50 heavy (non-hydrogen) atoms. The predicted octanol–water partition coefficient (Wildman–Crippen LogP) is 3.01. The molecule has 0 spiro atoms. The van der Waals surface area contributed by atoms with E-state index in [0.29, 0.717) is 18.8 Å². The number of ether oxygens (including phenoxy) is 4. The minimum Gasteiger partial charge on any atom is -0.481 e. The summed E-state index contributed by atoms with van der Waals surface area (Å²) in [5, 5.41) is 64.6. The van der Waals surface area contributed by atoms with Gasteiger partial charge in [0.2, 0.25) is 0 Å². The van der Waals surface area contributed by atoms with E-state index in [1.54, 1.807) is 0 Å². The summed E-state index contributed by atoms with van der Waals surface area (Å²) < 4.78 is 24.5. The van der Waals surface area contributed by atoms with Crippen molar-refractivity contribution >= 4 is 11.9 Å². The van der Waals surface area contributed by atoms with E-state index in [-0.39, 0.29) is 30.8 Å². The summed E-state index contributed by atoms with van der Waals surface area (Å²) in [4.78, 5) is 26.1. The normalized spacial score (nSPS) is 52.2. The van der Waals surface area contributed by atoms with E-state index >= 15 is 0 Å². The Kier molecular flexibility index (Phi) is 9.71. The molecule has 6 aliphatic rings. The van der Waals surface area contributed by atoms with Gasteiger partial charge in [-0.3, -0.25) is 9.59 Å². The van der Waals surface area contributed by atoms with E-state index in [2.05, 4.69) is 47.6 Å². The van der Waals surface area contributed by atoms with Crippen molar-refractivity contribution in [2.75, 3.05) is 13.2 Å². The predicted molar refractivity (Wildman–Crippen MR) is 179 cm³/mol. The maximum Gasteiger partial charge on any atom is 0.307 e. The molecule has 4 unspecified atom stereocenters. The van der Waals surface area contributed by atoms with Crippen LogP contribution in [0.5, 0.6) is 0 Å². The van der Waals surface area contributed by atoms with E-state index in [9.17, 15) is 40.2 Å². The molecule has 12 heteroatoms. The van der Waals surface area contributed by atoms with Gasteiger partial charge in [0.1, 0.15) is 36.6 Å². The molecule has 17 atom stereocenters. The van der Waals surface area contributed by atoms with Crippen LogP contribution in [0.15, 0.2) is 11.6 Å². The van der Waals surface area contributed by atoms with Crippen LogP contribution >= 0.6 is 0 Å². The molecule has 6 N–H and O–H groups in total. The van der Waals surface area contributed by atoms with Crippen molar-refractivity contribution in [3.8, 4) is 0 Å². The molecule has 0 radical (unpaired) electrons. The summed E-state index contributed by atoms with van der Waals surface area (Å²) in [5.41, 5.74) is -2.15. The molecule has 5 fully saturated rings. The number of esters is 1. The number of aliphatic carboxylic acids is 1. The van der Waals surface area contributed by atoms with Gasteiger partial charge in [-0.2, -0.15) is 0 Å². The third-order valence-corrected chi connectivity index (χ3v) is 15.6. The van der Waals surface area contributed by atoms with Gasteiger partial charge < -0.3 is 49.6 Å². The molecule has 2 aliphatic heterocycles. The van der Waals surface area contributed by atoms with Crippen LogP contribution in [-0.2, 0) is 28.5 Å². The first-order valence-corrected chi connectivity index (χ1v) is 18.6. The van der Waals surface area contributed by atoms with Crippen LogP contribution in [0.4, 0.5) is 0 Å². The average Bonchev–Trinajstić information content (AvgIpc) is 3.04. The number of allylic oxidation sites excluding steroid dienone is 1. The highest BCUT2D eigenvalue weighted by Crippen LogP contribution is 2.75. The summed E-state index contributed by atoms with van der Waals surface area (Å²) >= 11 is 0. The Morgan fingerprint density at radius 3 is 2.26 bits per heavy atom. The highest BCUT2D eigenvalue weighted by Gasteiger charge is 2.74. The maximum absolute atomic E-state index is 13.4. The zero-order valence-electron chi connectivity index (χ0n) is 30.9. The lowest BCUT2D eigenvalue weighted by atomic mass is 9.34. The van der Waals surface area contributed by atoms with Gasteiger partial charge in [-0.05, 0) is 72.0 Å². The lowest BCUT2D eigenvalue weighted by Crippen LogP contribution is -2.73. The number of rotatable bonds is 7. The van der Waals surface area contributed by atoms with Gasteiger partial charge >= 0.3 is 11.9 Å². The van der Waals surface area contributed by atoms with Crippen LogP contribution in [-0.4, -0.2) is 105 Å². The van der Waals surface area contributed by atoms with E-state index in [1.165, 1.54) is 6.92 Å². The Morgan fingerprint density at radius 2 is 1.66 bits per heavy atom. The first kappa shape index (κ1) is 38.1. The second kappa shape index (κ2) is 12.7. The second-order valence-corrected chi connectivity index (χ2v) is 18.0. The summed E-state index contributed by atoms with van der Waals surface area (Å²) in [6.45, 7) is 15.8. The van der Waals surface area contributed by atoms with Crippen molar-refractivity contribution in [3.63, 3.8) is 0 Å². The molecule has 12 nitrogen and oxygen atoms in total. The zero-order valence-corrected chi connectivity index (χ0v) is 30.9. The molecule has 6 rings (SSSR count). The Morgan fingerprint density at radius 1 is 0.980 bits per heavy atom. The van der Waals surface area contributed by atoms with Crippen molar-refractivity contribution in [3.05, 3.63) is 11.6 Å². The minimum atomic E-state index is -1.65. The van der Waals surface area contributed by atoms with Crippen LogP contribution in [0.1, 0.15) is 93.9 Å². The number of carboxylic acid groups (broad SMARTS) is 1. The van der Waals surface area contributed by atoms with Gasteiger partial charge in [0, 0.05) is 24.2 Å². The third kappa shape index (κ3) is 5.13. The van der Waals surface area contributed by atoms with Crippen LogP contribution in [0, 0.1) is 56.7 Å². The number of aliphatic hydroxyl groups excluding tert-OH is 5. The van der Waals surface area contributed by atoms with Crippen molar-refractivity contribution < 1.29 is 59.2 Å². The second-order valence-electron chi connectivity index (χ2n) is 18.0. The Bertz CT molecular complexity index is 1370. The maximum atomic E-state index is 13.4. The number of fused-ring (bicyclic) bond motifs is 3. The standard InChI is InChI=1S/C38H60O12/c1-18(2)19(3)34(5)13-14-36(7)21-9-10-25-35(6)17-47-33(46)38(25,22(21)11-12-37(36,8)29(34)31(44)45)15-23(48-20(4)40)30(35)50-32-28(43)27(42)26(41)24(16-39)49-32/h11,18-19,21,23-30,32-33,39,41-43,46H,9-10,12-17H2,1-8H3,(H,44,45)/t19?,21?,23-,24-,25?,26-,27+,28-,29-,30+,32+,33?,34-,35+,36-,37+,38-/m1/s1. The SMILES string of the molecule is CC(=O)O[C@@H]1C[C@@]23C4=CC[C@@]5(C)[C@H](C(=O)O)[C@@](C)(C(C)C(C)C)CC[C@]5(C)C4CCC2[C@](C)(COC3O)[C@H]1O[C@@H]1O[C@H](CO)[C@@H](O)[C@H](O)[C@H]1O. The first-order chi connectivity index (χ1) is 23.2. The number of aliphatic hydroxyl groups is 5. The third-order valence-electron chi connectivity index (χ3n) is 15.6. The molecule has 4 aliphatic carbocycles. The monoisotopic (exact) mass is 708 g/mol. The lowest BCUT2D eigenvalue weighted by Gasteiger charge is -2.71. The van der Waals surface area contributed by atoms with Crippen LogP contribution in [0.3, 0.4) is 0 Å². The van der Waals surface area contributed by atoms with Crippen LogP contribution in [0.2, 0.25) is 0 Å². The Balaban J connectivity index is 1.42. The number of carboxylic acids is 1. The number of hydrogen-bond donors (Lipinski definition) is 6. The fourth-order valence-electron chi connectivity index (χ4n) is 12.5. The molecule has 0 aromatic rings. The molecule has 284 valence electrons. The van der Waals surface area contributed by atoms with E-state index in [1.807, 2.05) is 6.92 Å². The Hall–Kier alpha value is -1.64. The summed E-state index contributed by atoms with van der Waals surface area (Å²) in [7, 11) is 0. The van der Waals surface area contributed by atoms with Crippen LogP contribution < -0.4 is 0 Å². The summed E-state index contributed by atoms with van der Waals surface area (Å²) in [6, 6.07) is 0. The fraction of sp³-hybridized carbons (Fsp3) is 0.895. The smallest absolute Gasteiger partial charge is 0.307 e. The first-order valence-electron chi connectivity index (χ1n) is 18.6. The molecular formula is C38H60O12. The van der Waals surface area contributed by atoms with Gasteiger partial charge in [-0.15, -0.1) is 0 Å². The number of carbonyl (C=O) groups is 2. The van der Waals surface area contributed by atoms with E-state index in [4.69, 9.17) is 18.9 Å².